The Labute approximate surface area is 198 Å². The fraction of sp³-hybridized carbons (Fsp3) is 0.520. The molecule has 9 heteroatoms. The number of methoxy groups -OCH3 is 2. The number of ether oxygens (including phenoxy) is 5. The summed E-state index contributed by atoms with van der Waals surface area (Å²) in [5, 5.41) is 39.3. The Hall–Kier alpha value is -2.56. The Morgan fingerprint density at radius 2 is 1.71 bits per heavy atom. The zero-order valence-electron chi connectivity index (χ0n) is 19.5. The molecule has 2 aromatic rings. The molecule has 4 N–H and O–H groups in total. The lowest BCUT2D eigenvalue weighted by Gasteiger charge is -2.39. The van der Waals surface area contributed by atoms with Crippen LogP contribution in [0.1, 0.15) is 36.1 Å². The minimum atomic E-state index is -1.42. The van der Waals surface area contributed by atoms with E-state index in [9.17, 15) is 15.3 Å². The highest BCUT2D eigenvalue weighted by Gasteiger charge is 2.43. The van der Waals surface area contributed by atoms with Gasteiger partial charge < -0.3 is 44.1 Å². The molecule has 0 saturated carbocycles. The quantitative estimate of drug-likeness (QED) is 0.448. The predicted molar refractivity (Wildman–Crippen MR) is 121 cm³/mol. The van der Waals surface area contributed by atoms with Gasteiger partial charge in [0.1, 0.15) is 24.4 Å². The molecule has 0 aromatic heterocycles. The molecule has 9 nitrogen and oxygen atoms in total. The van der Waals surface area contributed by atoms with Crippen molar-refractivity contribution in [2.75, 3.05) is 20.8 Å². The Bertz CT molecular complexity index is 995. The third-order valence-electron chi connectivity index (χ3n) is 6.31. The summed E-state index contributed by atoms with van der Waals surface area (Å²) in [6, 6.07) is 9.37. The van der Waals surface area contributed by atoms with Gasteiger partial charge in [0.25, 0.3) is 0 Å². The fourth-order valence-electron chi connectivity index (χ4n) is 4.37. The number of aryl methyl sites for hydroxylation is 1. The van der Waals surface area contributed by atoms with Crippen molar-refractivity contribution in [3.63, 3.8) is 0 Å². The van der Waals surface area contributed by atoms with Crippen LogP contribution in [0.4, 0.5) is 0 Å². The van der Waals surface area contributed by atoms with Crippen LogP contribution in [-0.2, 0) is 17.6 Å². The van der Waals surface area contributed by atoms with E-state index < -0.39 is 30.7 Å². The monoisotopic (exact) mass is 476 g/mol. The Balaban J connectivity index is 1.52. The van der Waals surface area contributed by atoms with E-state index in [1.165, 1.54) is 7.11 Å². The maximum Gasteiger partial charge on any atom is 0.229 e. The first kappa shape index (κ1) is 24.6. The minimum absolute atomic E-state index is 0.133. The van der Waals surface area contributed by atoms with E-state index in [0.717, 1.165) is 23.1 Å². The van der Waals surface area contributed by atoms with Gasteiger partial charge in [0.2, 0.25) is 6.29 Å². The van der Waals surface area contributed by atoms with Crippen LogP contribution < -0.4 is 18.9 Å². The molecule has 0 radical (unpaired) electrons. The summed E-state index contributed by atoms with van der Waals surface area (Å²) >= 11 is 0. The van der Waals surface area contributed by atoms with Gasteiger partial charge in [0, 0.05) is 18.6 Å². The molecule has 0 amide bonds. The molecule has 2 aromatic carbocycles. The van der Waals surface area contributed by atoms with E-state index in [1.54, 1.807) is 26.2 Å². The third kappa shape index (κ3) is 4.80. The molecule has 2 aliphatic heterocycles. The molecule has 2 heterocycles. The first-order chi connectivity index (χ1) is 16.4. The molecule has 1 unspecified atom stereocenters. The van der Waals surface area contributed by atoms with Gasteiger partial charge in [0.05, 0.1) is 20.3 Å². The zero-order chi connectivity index (χ0) is 24.4. The molecule has 0 bridgehead atoms. The van der Waals surface area contributed by atoms with Gasteiger partial charge in [0.15, 0.2) is 23.0 Å². The number of fused-ring (bicyclic) bond motifs is 1. The highest BCUT2D eigenvalue weighted by atomic mass is 16.7. The minimum Gasteiger partial charge on any atom is -0.493 e. The smallest absolute Gasteiger partial charge is 0.229 e. The van der Waals surface area contributed by atoms with Gasteiger partial charge in [-0.15, -0.1) is 0 Å². The zero-order valence-corrected chi connectivity index (χ0v) is 19.5. The van der Waals surface area contributed by atoms with Gasteiger partial charge in [-0.05, 0) is 49.1 Å². The second-order valence-corrected chi connectivity index (χ2v) is 8.63. The first-order valence-electron chi connectivity index (χ1n) is 11.4. The largest absolute Gasteiger partial charge is 0.493 e. The van der Waals surface area contributed by atoms with Crippen LogP contribution in [-0.4, -0.2) is 72.0 Å². The summed E-state index contributed by atoms with van der Waals surface area (Å²) in [6.45, 7) is 1.73. The molecular formula is C25H32O9. The average Bonchev–Trinajstić information content (AvgIpc) is 3.28. The van der Waals surface area contributed by atoms with Gasteiger partial charge in [-0.25, -0.2) is 0 Å². The van der Waals surface area contributed by atoms with E-state index in [1.807, 2.05) is 12.1 Å². The van der Waals surface area contributed by atoms with E-state index in [-0.39, 0.29) is 12.7 Å². The van der Waals surface area contributed by atoms with Crippen molar-refractivity contribution in [1.29, 1.82) is 0 Å². The predicted octanol–water partition coefficient (Wildman–Crippen LogP) is 1.51. The van der Waals surface area contributed by atoms with Gasteiger partial charge in [-0.3, -0.25) is 0 Å². The van der Waals surface area contributed by atoms with Crippen molar-refractivity contribution in [3.05, 3.63) is 47.0 Å². The van der Waals surface area contributed by atoms with Gasteiger partial charge in [-0.2, -0.15) is 0 Å². The molecule has 2 aliphatic rings. The summed E-state index contributed by atoms with van der Waals surface area (Å²) in [7, 11) is 3.11. The van der Waals surface area contributed by atoms with Crippen LogP contribution in [0.5, 0.6) is 23.0 Å². The number of hydrogen-bond donors (Lipinski definition) is 4. The number of rotatable bonds is 8. The topological polar surface area (TPSA) is 127 Å². The highest BCUT2D eigenvalue weighted by molar-refractivity contribution is 5.53. The highest BCUT2D eigenvalue weighted by Crippen LogP contribution is 2.45. The maximum atomic E-state index is 10.3. The second kappa shape index (κ2) is 10.4. The molecule has 1 saturated heterocycles. The van der Waals surface area contributed by atoms with Gasteiger partial charge in [-0.1, -0.05) is 12.1 Å². The van der Waals surface area contributed by atoms with E-state index >= 15 is 0 Å². The summed E-state index contributed by atoms with van der Waals surface area (Å²) in [5.74, 6) is 2.11. The molecule has 186 valence electrons. The molecular weight excluding hydrogens is 444 g/mol. The van der Waals surface area contributed by atoms with Crippen molar-refractivity contribution >= 4 is 0 Å². The van der Waals surface area contributed by atoms with Crippen LogP contribution in [0, 0.1) is 0 Å². The SMILES string of the molecule is COc1cc(C2Cc3cc(CCCO)cc(OC)c3O2)ccc1O[C@@H]1O[C@@H](C)[C@H](O)[C@@H](O)[C@H]1O. The number of benzene rings is 2. The summed E-state index contributed by atoms with van der Waals surface area (Å²) in [5.41, 5.74) is 2.99. The number of hydrogen-bond acceptors (Lipinski definition) is 9. The standard InChI is InChI=1S/C25H32O9/c1-13-21(27)22(28)23(29)25(32-13)34-17-7-6-15(11-19(17)30-2)18-12-16-9-14(5-4-8-26)10-20(31-3)24(16)33-18/h6-7,9-11,13,18,21-23,25-29H,4-5,8,12H2,1-3H3/t13-,18?,21-,22+,23+,25-/m0/s1. The summed E-state index contributed by atoms with van der Waals surface area (Å²) < 4.78 is 28.6. The van der Waals surface area contributed by atoms with E-state index in [2.05, 4.69) is 6.07 Å². The van der Waals surface area contributed by atoms with E-state index in [4.69, 9.17) is 28.8 Å². The molecule has 6 atom stereocenters. The lowest BCUT2D eigenvalue weighted by molar-refractivity contribution is -0.268. The van der Waals surface area contributed by atoms with Gasteiger partial charge >= 0.3 is 0 Å². The summed E-state index contributed by atoms with van der Waals surface area (Å²) in [6.07, 6.45) is -4.07. The van der Waals surface area contributed by atoms with E-state index in [0.29, 0.717) is 35.8 Å². The van der Waals surface area contributed by atoms with Crippen LogP contribution in [0.2, 0.25) is 0 Å². The van der Waals surface area contributed by atoms with Crippen molar-refractivity contribution in [2.24, 2.45) is 0 Å². The maximum absolute atomic E-state index is 10.3. The van der Waals surface area contributed by atoms with Crippen LogP contribution in [0.3, 0.4) is 0 Å². The fourth-order valence-corrected chi connectivity index (χ4v) is 4.37. The number of aliphatic hydroxyl groups is 4. The Kier molecular flexibility index (Phi) is 7.49. The van der Waals surface area contributed by atoms with Crippen LogP contribution in [0.25, 0.3) is 0 Å². The van der Waals surface area contributed by atoms with Crippen LogP contribution >= 0.6 is 0 Å². The lowest BCUT2D eigenvalue weighted by atomic mass is 9.99. The first-order valence-corrected chi connectivity index (χ1v) is 11.4. The molecule has 0 aliphatic carbocycles. The van der Waals surface area contributed by atoms with Crippen molar-refractivity contribution in [3.8, 4) is 23.0 Å². The molecule has 1 fully saturated rings. The number of aliphatic hydroxyl groups excluding tert-OH is 4. The van der Waals surface area contributed by atoms with Crippen molar-refractivity contribution in [2.45, 2.75) is 63.0 Å². The third-order valence-corrected chi connectivity index (χ3v) is 6.31. The summed E-state index contributed by atoms with van der Waals surface area (Å²) in [4.78, 5) is 0. The Morgan fingerprint density at radius 3 is 2.41 bits per heavy atom. The molecule has 4 rings (SSSR count). The van der Waals surface area contributed by atoms with Crippen LogP contribution in [0.15, 0.2) is 30.3 Å². The van der Waals surface area contributed by atoms with Crippen molar-refractivity contribution in [1.82, 2.24) is 0 Å². The lowest BCUT2D eigenvalue weighted by Crippen LogP contribution is -2.58. The normalized spacial score (nSPS) is 28.2. The molecule has 0 spiro atoms. The molecule has 34 heavy (non-hydrogen) atoms. The second-order valence-electron chi connectivity index (χ2n) is 8.63. The average molecular weight is 477 g/mol. The van der Waals surface area contributed by atoms with Crippen molar-refractivity contribution < 1.29 is 44.1 Å². The Morgan fingerprint density at radius 1 is 0.941 bits per heavy atom.